The number of carbonyl (C=O) groups excluding carboxylic acids is 1. The molecule has 0 bridgehead atoms. The van der Waals surface area contributed by atoms with Gasteiger partial charge in [0, 0.05) is 18.3 Å². The van der Waals surface area contributed by atoms with E-state index in [1.54, 1.807) is 0 Å². The summed E-state index contributed by atoms with van der Waals surface area (Å²) in [5.74, 6) is -4.67. The van der Waals surface area contributed by atoms with Crippen molar-refractivity contribution in [3.8, 4) is 0 Å². The highest BCUT2D eigenvalue weighted by Gasteiger charge is 2.49. The normalized spacial score (nSPS) is 24.0. The van der Waals surface area contributed by atoms with Crippen molar-refractivity contribution in [2.75, 3.05) is 19.0 Å². The molecule has 1 saturated carbocycles. The van der Waals surface area contributed by atoms with Crippen LogP contribution in [0.3, 0.4) is 0 Å². The van der Waals surface area contributed by atoms with E-state index in [1.807, 2.05) is 0 Å². The average Bonchev–Trinajstić information content (AvgIpc) is 2.35. The van der Waals surface area contributed by atoms with Crippen LogP contribution in [-0.2, 0) is 4.79 Å². The Hall–Kier alpha value is -0.660. The summed E-state index contributed by atoms with van der Waals surface area (Å²) in [6.45, 7) is -1.99. The molecule has 1 aliphatic rings. The molecule has 2 nitrogen and oxygen atoms in total. The molecular formula is C12H16ClF6NO. The van der Waals surface area contributed by atoms with Crippen LogP contribution >= 0.6 is 11.6 Å². The van der Waals surface area contributed by atoms with Crippen molar-refractivity contribution in [1.82, 2.24) is 4.90 Å². The Labute approximate surface area is 123 Å². The monoisotopic (exact) mass is 339 g/mol. The van der Waals surface area contributed by atoms with Crippen LogP contribution in [-0.4, -0.2) is 42.1 Å². The first kappa shape index (κ1) is 18.4. The van der Waals surface area contributed by atoms with E-state index in [1.165, 1.54) is 0 Å². The predicted octanol–water partition coefficient (Wildman–Crippen LogP) is 3.98. The number of alkyl halides is 7. The van der Waals surface area contributed by atoms with Gasteiger partial charge in [-0.1, -0.05) is 12.8 Å². The summed E-state index contributed by atoms with van der Waals surface area (Å²) in [5, 5.41) is 0. The summed E-state index contributed by atoms with van der Waals surface area (Å²) < 4.78 is 76.0. The molecule has 1 fully saturated rings. The standard InChI is InChI=1S/C12H16ClF6NO/c13-5-6-20(7-11(14,15)16)10(21)8-3-1-2-4-9(8)12(17,18)19/h8-9H,1-7H2. The second-order valence-corrected chi connectivity index (χ2v) is 5.48. The summed E-state index contributed by atoms with van der Waals surface area (Å²) in [7, 11) is 0. The van der Waals surface area contributed by atoms with E-state index in [9.17, 15) is 31.1 Å². The van der Waals surface area contributed by atoms with E-state index in [4.69, 9.17) is 11.6 Å². The van der Waals surface area contributed by atoms with Gasteiger partial charge >= 0.3 is 12.4 Å². The molecule has 0 aromatic carbocycles. The van der Waals surface area contributed by atoms with Crippen molar-refractivity contribution < 1.29 is 31.1 Å². The van der Waals surface area contributed by atoms with Gasteiger partial charge in [-0.3, -0.25) is 4.79 Å². The minimum absolute atomic E-state index is 0.0420. The lowest BCUT2D eigenvalue weighted by Gasteiger charge is -2.35. The molecule has 1 amide bonds. The van der Waals surface area contributed by atoms with Crippen molar-refractivity contribution in [1.29, 1.82) is 0 Å². The Morgan fingerprint density at radius 2 is 1.67 bits per heavy atom. The van der Waals surface area contributed by atoms with E-state index in [-0.39, 0.29) is 18.7 Å². The van der Waals surface area contributed by atoms with Crippen LogP contribution in [0.2, 0.25) is 0 Å². The van der Waals surface area contributed by atoms with Crippen LogP contribution in [0.25, 0.3) is 0 Å². The molecule has 0 heterocycles. The molecule has 1 aliphatic carbocycles. The largest absolute Gasteiger partial charge is 0.406 e. The van der Waals surface area contributed by atoms with E-state index < -0.39 is 43.2 Å². The number of halogens is 7. The summed E-state index contributed by atoms with van der Waals surface area (Å²) in [4.78, 5) is 12.5. The first-order chi connectivity index (χ1) is 9.56. The van der Waals surface area contributed by atoms with Crippen LogP contribution < -0.4 is 0 Å². The lowest BCUT2D eigenvalue weighted by Crippen LogP contribution is -2.48. The lowest BCUT2D eigenvalue weighted by atomic mass is 9.78. The van der Waals surface area contributed by atoms with Crippen LogP contribution in [0.15, 0.2) is 0 Å². The smallest absolute Gasteiger partial charge is 0.332 e. The summed E-state index contributed by atoms with van der Waals surface area (Å²) in [5.41, 5.74) is 0. The number of carbonyl (C=O) groups is 1. The Bertz CT molecular complexity index is 357. The highest BCUT2D eigenvalue weighted by atomic mass is 35.5. The first-order valence-electron chi connectivity index (χ1n) is 6.54. The molecule has 9 heteroatoms. The zero-order chi connectivity index (χ0) is 16.3. The Balaban J connectivity index is 2.89. The van der Waals surface area contributed by atoms with Crippen molar-refractivity contribution in [3.05, 3.63) is 0 Å². The molecule has 2 unspecified atom stereocenters. The SMILES string of the molecule is O=C(C1CCCCC1C(F)(F)F)N(CCCl)CC(F)(F)F. The van der Waals surface area contributed by atoms with Gasteiger partial charge in [-0.05, 0) is 12.8 Å². The van der Waals surface area contributed by atoms with Gasteiger partial charge in [0.05, 0.1) is 5.92 Å². The number of rotatable bonds is 4. The van der Waals surface area contributed by atoms with Gasteiger partial charge in [-0.25, -0.2) is 0 Å². The lowest BCUT2D eigenvalue weighted by molar-refractivity contribution is -0.203. The first-order valence-corrected chi connectivity index (χ1v) is 7.08. The fourth-order valence-corrected chi connectivity index (χ4v) is 2.84. The van der Waals surface area contributed by atoms with Gasteiger partial charge in [0.2, 0.25) is 5.91 Å². The summed E-state index contributed by atoms with van der Waals surface area (Å²) in [6.07, 6.45) is -8.78. The molecule has 0 aromatic heterocycles. The minimum atomic E-state index is -4.66. The minimum Gasteiger partial charge on any atom is -0.332 e. The molecule has 2 atom stereocenters. The summed E-state index contributed by atoms with van der Waals surface area (Å²) >= 11 is 5.35. The third-order valence-corrected chi connectivity index (χ3v) is 3.71. The molecular weight excluding hydrogens is 324 g/mol. The number of hydrogen-bond donors (Lipinski definition) is 0. The zero-order valence-electron chi connectivity index (χ0n) is 11.1. The number of nitrogens with zero attached hydrogens (tertiary/aromatic N) is 1. The zero-order valence-corrected chi connectivity index (χ0v) is 11.9. The second kappa shape index (κ2) is 7.07. The van der Waals surface area contributed by atoms with Gasteiger partial charge in [0.1, 0.15) is 6.54 Å². The molecule has 0 saturated heterocycles. The maximum atomic E-state index is 12.9. The highest BCUT2D eigenvalue weighted by molar-refractivity contribution is 6.18. The average molecular weight is 340 g/mol. The Kier molecular flexibility index (Phi) is 6.19. The van der Waals surface area contributed by atoms with E-state index in [0.29, 0.717) is 17.7 Å². The fourth-order valence-electron chi connectivity index (χ4n) is 2.64. The van der Waals surface area contributed by atoms with Crippen molar-refractivity contribution in [2.24, 2.45) is 11.8 Å². The number of amides is 1. The van der Waals surface area contributed by atoms with Gasteiger partial charge in [0.25, 0.3) is 0 Å². The fraction of sp³-hybridized carbons (Fsp3) is 0.917. The molecule has 1 rings (SSSR count). The van der Waals surface area contributed by atoms with Gasteiger partial charge in [0.15, 0.2) is 0 Å². The quantitative estimate of drug-likeness (QED) is 0.560. The highest BCUT2D eigenvalue weighted by Crippen LogP contribution is 2.42. The van der Waals surface area contributed by atoms with E-state index >= 15 is 0 Å². The van der Waals surface area contributed by atoms with Gasteiger partial charge in [-0.15, -0.1) is 11.6 Å². The molecule has 0 N–H and O–H groups in total. The van der Waals surface area contributed by atoms with Crippen LogP contribution in [0.4, 0.5) is 26.3 Å². The Morgan fingerprint density at radius 1 is 1.10 bits per heavy atom. The molecule has 0 aliphatic heterocycles. The van der Waals surface area contributed by atoms with Crippen molar-refractivity contribution in [2.45, 2.75) is 38.0 Å². The predicted molar refractivity (Wildman–Crippen MR) is 64.9 cm³/mol. The molecule has 0 radical (unpaired) electrons. The van der Waals surface area contributed by atoms with E-state index in [0.717, 1.165) is 0 Å². The third kappa shape index (κ3) is 5.56. The summed E-state index contributed by atoms with van der Waals surface area (Å²) in [6, 6.07) is 0. The van der Waals surface area contributed by atoms with Crippen molar-refractivity contribution in [3.63, 3.8) is 0 Å². The topological polar surface area (TPSA) is 20.3 Å². The molecule has 0 aromatic rings. The van der Waals surface area contributed by atoms with E-state index in [2.05, 4.69) is 0 Å². The third-order valence-electron chi connectivity index (χ3n) is 3.54. The second-order valence-electron chi connectivity index (χ2n) is 5.10. The molecule has 0 spiro atoms. The van der Waals surface area contributed by atoms with Crippen molar-refractivity contribution >= 4 is 17.5 Å². The molecule has 21 heavy (non-hydrogen) atoms. The van der Waals surface area contributed by atoms with Crippen LogP contribution in [0.5, 0.6) is 0 Å². The Morgan fingerprint density at radius 3 is 2.14 bits per heavy atom. The van der Waals surface area contributed by atoms with Gasteiger partial charge in [-0.2, -0.15) is 26.3 Å². The van der Waals surface area contributed by atoms with Crippen LogP contribution in [0, 0.1) is 11.8 Å². The maximum Gasteiger partial charge on any atom is 0.406 e. The van der Waals surface area contributed by atoms with Crippen LogP contribution in [0.1, 0.15) is 25.7 Å². The maximum absolute atomic E-state index is 12.9. The number of hydrogen-bond acceptors (Lipinski definition) is 1. The molecule has 124 valence electrons. The van der Waals surface area contributed by atoms with Gasteiger partial charge < -0.3 is 4.90 Å².